The number of nitrogens with zero attached hydrogens (tertiary/aromatic N) is 1. The van der Waals surface area contributed by atoms with E-state index in [1.807, 2.05) is 0 Å². The highest BCUT2D eigenvalue weighted by molar-refractivity contribution is 7.92. The largest absolute Gasteiger partial charge is 0.435 e. The Hall–Kier alpha value is -2.73. The third-order valence-electron chi connectivity index (χ3n) is 6.78. The molecule has 4 atom stereocenters. The van der Waals surface area contributed by atoms with Crippen LogP contribution >= 0.6 is 11.3 Å². The van der Waals surface area contributed by atoms with Crippen molar-refractivity contribution in [2.75, 3.05) is 5.32 Å². The number of amides is 1. The van der Waals surface area contributed by atoms with Gasteiger partial charge in [-0.15, -0.1) is 0 Å². The molecule has 1 aromatic heterocycles. The SMILES string of the molecule is O=C(Nc1nc2ccc(OC(F)F)cc2s1)[C@H](CC1C[C@@H](F)[C@@H](F)C1)c1ccc(S(=O)(=O)C2CC2)cc1. The van der Waals surface area contributed by atoms with Crippen LogP contribution < -0.4 is 10.1 Å². The van der Waals surface area contributed by atoms with Crippen LogP contribution in [-0.4, -0.2) is 43.5 Å². The Morgan fingerprint density at radius 3 is 2.38 bits per heavy atom. The molecule has 2 saturated carbocycles. The standard InChI is InChI=1S/C25H24F4N2O4S2/c26-19-10-13(11-20(19)27)9-18(14-1-4-16(5-2-14)37(33,34)17-6-7-17)23(32)31-25-30-21-8-3-15(35-24(28)29)12-22(21)36-25/h1-5,8,12-13,17-20,24H,6-7,9-11H2,(H,30,31,32)/t13?,18-,19-,20+/m1/s1. The predicted octanol–water partition coefficient (Wildman–Crippen LogP) is 6.03. The molecule has 1 amide bonds. The number of anilines is 1. The lowest BCUT2D eigenvalue weighted by Gasteiger charge is -2.20. The first kappa shape index (κ1) is 25.9. The molecule has 0 spiro atoms. The van der Waals surface area contributed by atoms with E-state index >= 15 is 0 Å². The number of thiazole rings is 1. The van der Waals surface area contributed by atoms with Crippen LogP contribution in [0.2, 0.25) is 0 Å². The molecular formula is C25H24F4N2O4S2. The first-order valence-corrected chi connectivity index (χ1v) is 14.2. The molecule has 2 aromatic carbocycles. The number of rotatable bonds is 9. The number of halogens is 4. The summed E-state index contributed by atoms with van der Waals surface area (Å²) < 4.78 is 82.8. The van der Waals surface area contributed by atoms with Crippen LogP contribution in [0.3, 0.4) is 0 Å². The first-order valence-electron chi connectivity index (χ1n) is 11.9. The topological polar surface area (TPSA) is 85.4 Å². The second kappa shape index (κ2) is 10.2. The van der Waals surface area contributed by atoms with E-state index in [-0.39, 0.29) is 46.2 Å². The third-order valence-corrected chi connectivity index (χ3v) is 10.00. The fourth-order valence-electron chi connectivity index (χ4n) is 4.74. The summed E-state index contributed by atoms with van der Waals surface area (Å²) in [6.07, 6.45) is -1.70. The van der Waals surface area contributed by atoms with Crippen molar-refractivity contribution >= 4 is 42.4 Å². The van der Waals surface area contributed by atoms with Gasteiger partial charge in [0.15, 0.2) is 15.0 Å². The molecule has 0 saturated heterocycles. The normalized spacial score (nSPS) is 22.9. The zero-order chi connectivity index (χ0) is 26.3. The summed E-state index contributed by atoms with van der Waals surface area (Å²) in [5.41, 5.74) is 1.00. The van der Waals surface area contributed by atoms with Crippen molar-refractivity contribution in [3.63, 3.8) is 0 Å². The second-order valence-electron chi connectivity index (χ2n) is 9.49. The maximum Gasteiger partial charge on any atom is 0.387 e. The Bertz CT molecular complexity index is 1380. The van der Waals surface area contributed by atoms with Crippen molar-refractivity contribution in [1.29, 1.82) is 0 Å². The van der Waals surface area contributed by atoms with Crippen LogP contribution in [0.15, 0.2) is 47.4 Å². The number of alkyl halides is 4. The smallest absolute Gasteiger partial charge is 0.387 e. The highest BCUT2D eigenvalue weighted by atomic mass is 32.2. The van der Waals surface area contributed by atoms with Gasteiger partial charge in [0.1, 0.15) is 18.1 Å². The van der Waals surface area contributed by atoms with E-state index in [2.05, 4.69) is 15.0 Å². The highest BCUT2D eigenvalue weighted by Gasteiger charge is 2.39. The minimum Gasteiger partial charge on any atom is -0.435 e. The molecule has 1 N–H and O–H groups in total. The Labute approximate surface area is 215 Å². The minimum absolute atomic E-state index is 0.00708. The van der Waals surface area contributed by atoms with E-state index in [0.717, 1.165) is 11.3 Å². The summed E-state index contributed by atoms with van der Waals surface area (Å²) >= 11 is 1.07. The number of hydrogen-bond donors (Lipinski definition) is 1. The van der Waals surface area contributed by atoms with Crippen LogP contribution in [0.5, 0.6) is 5.75 Å². The lowest BCUT2D eigenvalue weighted by molar-refractivity contribution is -0.118. The van der Waals surface area contributed by atoms with E-state index in [1.165, 1.54) is 30.3 Å². The van der Waals surface area contributed by atoms with Gasteiger partial charge in [-0.05, 0) is 73.9 Å². The number of carbonyl (C=O) groups is 1. The quantitative estimate of drug-likeness (QED) is 0.325. The van der Waals surface area contributed by atoms with E-state index in [9.17, 15) is 30.8 Å². The second-order valence-corrected chi connectivity index (χ2v) is 12.7. The van der Waals surface area contributed by atoms with Crippen LogP contribution in [0.4, 0.5) is 22.7 Å². The highest BCUT2D eigenvalue weighted by Crippen LogP contribution is 2.39. The molecule has 3 aromatic rings. The summed E-state index contributed by atoms with van der Waals surface area (Å²) in [6, 6.07) is 10.3. The molecule has 0 radical (unpaired) electrons. The molecule has 1 unspecified atom stereocenters. The molecule has 2 fully saturated rings. The molecule has 0 aliphatic heterocycles. The molecule has 1 heterocycles. The fourth-order valence-corrected chi connectivity index (χ4v) is 7.29. The number of nitrogens with one attached hydrogen (secondary N) is 1. The maximum atomic E-state index is 13.9. The van der Waals surface area contributed by atoms with Crippen LogP contribution in [0.25, 0.3) is 10.2 Å². The fraction of sp³-hybridized carbons (Fsp3) is 0.440. The van der Waals surface area contributed by atoms with Crippen molar-refractivity contribution in [1.82, 2.24) is 4.98 Å². The predicted molar refractivity (Wildman–Crippen MR) is 131 cm³/mol. The van der Waals surface area contributed by atoms with E-state index < -0.39 is 40.6 Å². The van der Waals surface area contributed by atoms with Gasteiger partial charge < -0.3 is 10.1 Å². The molecule has 198 valence electrons. The van der Waals surface area contributed by atoms with Crippen LogP contribution in [0, 0.1) is 5.92 Å². The summed E-state index contributed by atoms with van der Waals surface area (Å²) in [5.74, 6) is -1.66. The number of carbonyl (C=O) groups excluding carboxylic acids is 1. The van der Waals surface area contributed by atoms with Crippen LogP contribution in [-0.2, 0) is 14.6 Å². The van der Waals surface area contributed by atoms with Gasteiger partial charge in [-0.25, -0.2) is 22.2 Å². The molecule has 2 aliphatic rings. The molecule has 0 bridgehead atoms. The van der Waals surface area contributed by atoms with Crippen molar-refractivity contribution in [2.24, 2.45) is 5.92 Å². The number of ether oxygens (including phenoxy) is 1. The maximum absolute atomic E-state index is 13.9. The van der Waals surface area contributed by atoms with Gasteiger partial charge in [0.05, 0.1) is 26.3 Å². The number of hydrogen-bond acceptors (Lipinski definition) is 6. The first-order chi connectivity index (χ1) is 17.6. The lowest BCUT2D eigenvalue weighted by atomic mass is 9.87. The van der Waals surface area contributed by atoms with Gasteiger partial charge in [0, 0.05) is 0 Å². The van der Waals surface area contributed by atoms with E-state index in [1.54, 1.807) is 12.1 Å². The molecule has 37 heavy (non-hydrogen) atoms. The van der Waals surface area contributed by atoms with Crippen molar-refractivity contribution in [3.8, 4) is 5.75 Å². The summed E-state index contributed by atoms with van der Waals surface area (Å²) in [7, 11) is -3.41. The van der Waals surface area contributed by atoms with Gasteiger partial charge in [-0.3, -0.25) is 4.79 Å². The average Bonchev–Trinajstić information content (AvgIpc) is 3.56. The number of benzene rings is 2. The van der Waals surface area contributed by atoms with E-state index in [0.29, 0.717) is 28.6 Å². The van der Waals surface area contributed by atoms with Gasteiger partial charge in [0.2, 0.25) is 5.91 Å². The molecule has 12 heteroatoms. The molecule has 5 rings (SSSR count). The van der Waals surface area contributed by atoms with Gasteiger partial charge >= 0.3 is 6.61 Å². The summed E-state index contributed by atoms with van der Waals surface area (Å²) in [4.78, 5) is 17.9. The van der Waals surface area contributed by atoms with Gasteiger partial charge in [-0.2, -0.15) is 8.78 Å². The Balaban J connectivity index is 1.38. The molecular weight excluding hydrogens is 532 g/mol. The summed E-state index contributed by atoms with van der Waals surface area (Å²) in [5, 5.41) is 2.59. The third kappa shape index (κ3) is 5.74. The summed E-state index contributed by atoms with van der Waals surface area (Å²) in [6.45, 7) is -2.97. The lowest BCUT2D eigenvalue weighted by Crippen LogP contribution is -2.23. The Morgan fingerprint density at radius 2 is 1.76 bits per heavy atom. The van der Waals surface area contributed by atoms with Crippen molar-refractivity contribution in [2.45, 2.75) is 67.1 Å². The van der Waals surface area contributed by atoms with Crippen molar-refractivity contribution in [3.05, 3.63) is 48.0 Å². The number of sulfone groups is 1. The number of aromatic nitrogens is 1. The van der Waals surface area contributed by atoms with Gasteiger partial charge in [-0.1, -0.05) is 23.5 Å². The zero-order valence-corrected chi connectivity index (χ0v) is 21.1. The number of fused-ring (bicyclic) bond motifs is 1. The van der Waals surface area contributed by atoms with Crippen molar-refractivity contribution < 1.29 is 35.5 Å². The zero-order valence-electron chi connectivity index (χ0n) is 19.4. The molecule has 2 aliphatic carbocycles. The van der Waals surface area contributed by atoms with E-state index in [4.69, 9.17) is 0 Å². The monoisotopic (exact) mass is 556 g/mol. The molecule has 6 nitrogen and oxygen atoms in total. The Morgan fingerprint density at radius 1 is 1.08 bits per heavy atom. The van der Waals surface area contributed by atoms with Crippen LogP contribution in [0.1, 0.15) is 43.6 Å². The average molecular weight is 557 g/mol. The minimum atomic E-state index is -3.41. The van der Waals surface area contributed by atoms with Gasteiger partial charge in [0.25, 0.3) is 0 Å². The Kier molecular flexibility index (Phi) is 7.14.